The molecule has 0 aromatic heterocycles. The molecular weight excluding hydrogens is 132 g/mol. The van der Waals surface area contributed by atoms with Crippen LogP contribution in [0.25, 0.3) is 0 Å². The Morgan fingerprint density at radius 3 is 2.55 bits per heavy atom. The second-order valence-corrected chi connectivity index (χ2v) is 4.14. The highest BCUT2D eigenvalue weighted by molar-refractivity contribution is 5.44. The van der Waals surface area contributed by atoms with Crippen LogP contribution in [0.3, 0.4) is 0 Å². The van der Waals surface area contributed by atoms with Gasteiger partial charge < -0.3 is 0 Å². The lowest BCUT2D eigenvalue weighted by atomic mass is 10.1. The van der Waals surface area contributed by atoms with E-state index in [2.05, 4.69) is 13.8 Å². The molecule has 11 heavy (non-hydrogen) atoms. The third-order valence-corrected chi connectivity index (χ3v) is 3.13. The Balaban J connectivity index is 1.70. The molecule has 2 fully saturated rings. The zero-order valence-corrected chi connectivity index (χ0v) is 7.69. The Morgan fingerprint density at radius 1 is 1.36 bits per heavy atom. The maximum atomic E-state index is 2.34. The second-order valence-electron chi connectivity index (χ2n) is 4.14. The molecule has 62 valence electrons. The van der Waals surface area contributed by atoms with Gasteiger partial charge in [0.1, 0.15) is 0 Å². The first-order valence-electron chi connectivity index (χ1n) is 5.04. The minimum atomic E-state index is 1.09. The van der Waals surface area contributed by atoms with Gasteiger partial charge in [0, 0.05) is 0 Å². The van der Waals surface area contributed by atoms with Gasteiger partial charge in [-0.3, -0.25) is 0 Å². The van der Waals surface area contributed by atoms with Gasteiger partial charge in [-0.05, 0) is 38.0 Å². The summed E-state index contributed by atoms with van der Waals surface area (Å²) in [5.74, 6) is 2.19. The van der Waals surface area contributed by atoms with E-state index in [1.807, 2.05) is 5.57 Å². The van der Waals surface area contributed by atoms with Gasteiger partial charge in [-0.15, -0.1) is 0 Å². The Morgan fingerprint density at radius 2 is 2.09 bits per heavy atom. The number of rotatable bonds is 4. The summed E-state index contributed by atoms with van der Waals surface area (Å²) >= 11 is 0. The molecule has 0 aromatic carbocycles. The van der Waals surface area contributed by atoms with Crippen LogP contribution in [0.5, 0.6) is 0 Å². The van der Waals surface area contributed by atoms with Crippen LogP contribution < -0.4 is 0 Å². The van der Waals surface area contributed by atoms with Crippen LogP contribution in [0.2, 0.25) is 0 Å². The van der Waals surface area contributed by atoms with Crippen molar-refractivity contribution < 1.29 is 0 Å². The molecule has 0 radical (unpaired) electrons. The first-order chi connectivity index (χ1) is 5.34. The molecule has 2 atom stereocenters. The summed E-state index contributed by atoms with van der Waals surface area (Å²) < 4.78 is 0. The standard InChI is InChI=1S/C11H18/c1-3-4-5-6-8(2)11-9-7-10(9)11/h9-10H,3-7H2,1-2H3. The van der Waals surface area contributed by atoms with Crippen molar-refractivity contribution >= 4 is 0 Å². The number of hydrogen-bond acceptors (Lipinski definition) is 0. The van der Waals surface area contributed by atoms with E-state index in [0.29, 0.717) is 0 Å². The van der Waals surface area contributed by atoms with Gasteiger partial charge in [0.25, 0.3) is 0 Å². The van der Waals surface area contributed by atoms with E-state index < -0.39 is 0 Å². The van der Waals surface area contributed by atoms with E-state index in [1.54, 1.807) is 5.57 Å². The largest absolute Gasteiger partial charge is 0.0735 e. The molecule has 0 bridgehead atoms. The van der Waals surface area contributed by atoms with Gasteiger partial charge in [0.15, 0.2) is 0 Å². The normalized spacial score (nSPS) is 31.6. The lowest BCUT2D eigenvalue weighted by Gasteiger charge is -2.01. The third-order valence-electron chi connectivity index (χ3n) is 3.13. The van der Waals surface area contributed by atoms with Crippen LogP contribution in [0, 0.1) is 11.8 Å². The maximum Gasteiger partial charge on any atom is -0.0126 e. The van der Waals surface area contributed by atoms with E-state index in [0.717, 1.165) is 11.8 Å². The summed E-state index contributed by atoms with van der Waals surface area (Å²) in [6.45, 7) is 4.62. The van der Waals surface area contributed by atoms with Gasteiger partial charge >= 0.3 is 0 Å². The summed E-state index contributed by atoms with van der Waals surface area (Å²) in [7, 11) is 0. The number of fused-ring (bicyclic) bond motifs is 1. The van der Waals surface area contributed by atoms with Crippen molar-refractivity contribution in [1.82, 2.24) is 0 Å². The predicted molar refractivity (Wildman–Crippen MR) is 48.4 cm³/mol. The molecule has 2 aliphatic carbocycles. The highest BCUT2D eigenvalue weighted by Crippen LogP contribution is 2.69. The van der Waals surface area contributed by atoms with Crippen LogP contribution in [-0.4, -0.2) is 0 Å². The Kier molecular flexibility index (Phi) is 1.78. The first kappa shape index (κ1) is 7.39. The smallest absolute Gasteiger partial charge is 0.0126 e. The van der Waals surface area contributed by atoms with Crippen LogP contribution >= 0.6 is 0 Å². The molecule has 2 saturated carbocycles. The highest BCUT2D eigenvalue weighted by atomic mass is 14.6. The summed E-state index contributed by atoms with van der Waals surface area (Å²) in [6, 6.07) is 0. The third kappa shape index (κ3) is 1.36. The van der Waals surface area contributed by atoms with E-state index >= 15 is 0 Å². The van der Waals surface area contributed by atoms with Gasteiger partial charge in [-0.1, -0.05) is 30.9 Å². The Hall–Kier alpha value is -0.260. The summed E-state index contributed by atoms with van der Waals surface area (Å²) in [6.07, 6.45) is 7.11. The molecule has 0 heteroatoms. The van der Waals surface area contributed by atoms with Crippen LogP contribution in [-0.2, 0) is 0 Å². The molecule has 0 spiro atoms. The Labute approximate surface area is 69.7 Å². The summed E-state index contributed by atoms with van der Waals surface area (Å²) in [4.78, 5) is 0. The minimum absolute atomic E-state index is 1.09. The average Bonchev–Trinajstić information content (AvgIpc) is 2.73. The van der Waals surface area contributed by atoms with Crippen molar-refractivity contribution in [1.29, 1.82) is 0 Å². The molecule has 2 rings (SSSR count). The molecule has 2 unspecified atom stereocenters. The second kappa shape index (κ2) is 2.66. The number of unbranched alkanes of at least 4 members (excludes halogenated alkanes) is 2. The fourth-order valence-electron chi connectivity index (χ4n) is 2.08. The number of hydrogen-bond donors (Lipinski definition) is 0. The SMILES string of the molecule is CCCCCC(C)=C1C2CC12. The molecule has 0 saturated heterocycles. The predicted octanol–water partition coefficient (Wildman–Crippen LogP) is 3.53. The minimum Gasteiger partial charge on any atom is -0.0735 e. The summed E-state index contributed by atoms with van der Waals surface area (Å²) in [5.41, 5.74) is 3.58. The van der Waals surface area contributed by atoms with Crippen molar-refractivity contribution in [2.75, 3.05) is 0 Å². The maximum absolute atomic E-state index is 2.34. The lowest BCUT2D eigenvalue weighted by molar-refractivity contribution is 0.709. The van der Waals surface area contributed by atoms with E-state index in [1.165, 1.54) is 32.1 Å². The zero-order chi connectivity index (χ0) is 7.84. The van der Waals surface area contributed by atoms with Crippen LogP contribution in [0.4, 0.5) is 0 Å². The molecule has 0 aromatic rings. The van der Waals surface area contributed by atoms with Crippen LogP contribution in [0.1, 0.15) is 46.0 Å². The van der Waals surface area contributed by atoms with Crippen molar-refractivity contribution in [3.05, 3.63) is 11.1 Å². The van der Waals surface area contributed by atoms with Gasteiger partial charge in [-0.2, -0.15) is 0 Å². The molecule has 0 heterocycles. The van der Waals surface area contributed by atoms with E-state index in [9.17, 15) is 0 Å². The molecule has 0 amide bonds. The summed E-state index contributed by atoms with van der Waals surface area (Å²) in [5, 5.41) is 0. The van der Waals surface area contributed by atoms with Crippen molar-refractivity contribution in [3.63, 3.8) is 0 Å². The van der Waals surface area contributed by atoms with Gasteiger partial charge in [0.2, 0.25) is 0 Å². The molecule has 0 nitrogen and oxygen atoms in total. The average molecular weight is 150 g/mol. The monoisotopic (exact) mass is 150 g/mol. The van der Waals surface area contributed by atoms with Crippen LogP contribution in [0.15, 0.2) is 11.1 Å². The topological polar surface area (TPSA) is 0 Å². The fourth-order valence-corrected chi connectivity index (χ4v) is 2.08. The lowest BCUT2D eigenvalue weighted by Crippen LogP contribution is -1.82. The first-order valence-corrected chi connectivity index (χ1v) is 5.04. The zero-order valence-electron chi connectivity index (χ0n) is 7.69. The number of allylic oxidation sites excluding steroid dienone is 2. The van der Waals surface area contributed by atoms with Gasteiger partial charge in [0.05, 0.1) is 0 Å². The molecule has 0 aliphatic heterocycles. The van der Waals surface area contributed by atoms with E-state index in [4.69, 9.17) is 0 Å². The quantitative estimate of drug-likeness (QED) is 0.425. The highest BCUT2D eigenvalue weighted by Gasteiger charge is 2.59. The molecular formula is C11H18. The van der Waals surface area contributed by atoms with E-state index in [-0.39, 0.29) is 0 Å². The van der Waals surface area contributed by atoms with Crippen molar-refractivity contribution in [3.8, 4) is 0 Å². The molecule has 2 aliphatic rings. The fraction of sp³-hybridized carbons (Fsp3) is 0.818. The molecule has 0 N–H and O–H groups in total. The Bertz CT molecular complexity index is 178. The van der Waals surface area contributed by atoms with Crippen molar-refractivity contribution in [2.24, 2.45) is 11.8 Å². The van der Waals surface area contributed by atoms with Gasteiger partial charge in [-0.25, -0.2) is 0 Å². The van der Waals surface area contributed by atoms with Crippen molar-refractivity contribution in [2.45, 2.75) is 46.0 Å².